The largest absolute Gasteiger partial charge is 0.381 e. The van der Waals surface area contributed by atoms with Gasteiger partial charge in [0.15, 0.2) is 5.43 Å². The number of anilines is 1. The monoisotopic (exact) mass is 539 g/mol. The van der Waals surface area contributed by atoms with Crippen LogP contribution in [0, 0.1) is 20.8 Å². The predicted molar refractivity (Wildman–Crippen MR) is 160 cm³/mol. The molecule has 5 rings (SSSR count). The third-order valence-electron chi connectivity index (χ3n) is 7.86. The molecule has 8 heteroatoms. The Kier molecular flexibility index (Phi) is 7.63. The van der Waals surface area contributed by atoms with Gasteiger partial charge in [0.1, 0.15) is 5.82 Å². The highest BCUT2D eigenvalue weighted by Gasteiger charge is 2.22. The third-order valence-corrected chi connectivity index (χ3v) is 7.86. The molecule has 0 saturated carbocycles. The van der Waals surface area contributed by atoms with E-state index in [9.17, 15) is 9.59 Å². The first-order valence-corrected chi connectivity index (χ1v) is 13.7. The molecular weight excluding hydrogens is 502 g/mol. The van der Waals surface area contributed by atoms with Crippen molar-refractivity contribution < 1.29 is 9.53 Å². The van der Waals surface area contributed by atoms with Crippen LogP contribution in [0.5, 0.6) is 0 Å². The van der Waals surface area contributed by atoms with Crippen molar-refractivity contribution >= 4 is 22.8 Å². The number of carbonyl (C=O) groups is 1. The molecule has 0 aromatic carbocycles. The van der Waals surface area contributed by atoms with E-state index in [1.807, 2.05) is 58.1 Å². The normalized spacial score (nSPS) is 13.5. The number of fused-ring (bicyclic) bond motifs is 1. The maximum absolute atomic E-state index is 13.8. The van der Waals surface area contributed by atoms with Crippen LogP contribution in [0.2, 0.25) is 0 Å². The van der Waals surface area contributed by atoms with E-state index in [1.54, 1.807) is 6.07 Å². The number of aromatic amines is 1. The zero-order valence-electron chi connectivity index (χ0n) is 24.1. The summed E-state index contributed by atoms with van der Waals surface area (Å²) >= 11 is 0. The second kappa shape index (κ2) is 11.1. The van der Waals surface area contributed by atoms with Gasteiger partial charge in [-0.1, -0.05) is 5.57 Å². The number of amides is 1. The highest BCUT2D eigenvalue weighted by Crippen LogP contribution is 2.35. The van der Waals surface area contributed by atoms with E-state index in [0.717, 1.165) is 57.9 Å². The molecule has 0 atom stereocenters. The fraction of sp³-hybridized carbons (Fsp3) is 0.344. The summed E-state index contributed by atoms with van der Waals surface area (Å²) in [7, 11) is 3.94. The number of pyridine rings is 3. The Balaban J connectivity index is 1.64. The zero-order valence-corrected chi connectivity index (χ0v) is 24.1. The van der Waals surface area contributed by atoms with Crippen molar-refractivity contribution in [1.82, 2.24) is 19.7 Å². The van der Waals surface area contributed by atoms with Crippen molar-refractivity contribution in [3.8, 4) is 11.1 Å². The molecule has 8 nitrogen and oxygen atoms in total. The molecule has 0 radical (unpaired) electrons. The molecule has 0 aliphatic carbocycles. The minimum absolute atomic E-state index is 0.0785. The number of aromatic nitrogens is 3. The van der Waals surface area contributed by atoms with E-state index in [2.05, 4.69) is 44.9 Å². The first-order chi connectivity index (χ1) is 19.2. The van der Waals surface area contributed by atoms with E-state index >= 15 is 0 Å². The third kappa shape index (κ3) is 5.19. The number of allylic oxidation sites excluding steroid dienone is 1. The van der Waals surface area contributed by atoms with E-state index in [4.69, 9.17) is 4.74 Å². The number of hydrogen-bond acceptors (Lipinski definition) is 5. The van der Waals surface area contributed by atoms with Gasteiger partial charge in [0.05, 0.1) is 24.4 Å². The van der Waals surface area contributed by atoms with Gasteiger partial charge in [-0.2, -0.15) is 0 Å². The van der Waals surface area contributed by atoms with Crippen LogP contribution in [0.4, 0.5) is 5.82 Å². The van der Waals surface area contributed by atoms with Crippen molar-refractivity contribution in [3.63, 3.8) is 0 Å². The standard InChI is InChI=1S/C32H37N5O3/c1-19-15-29(38)27(22(4)35-19)18-34-32(39)26-17-28-25(24-7-11-33-30(16-24)36(5)6)8-12-37(28)31(21(26)3)20(2)23-9-13-40-14-10-23/h7-8,11-12,15-17H,9-10,13-14,18H2,1-6H3,(H,34,39)(H,35,38). The van der Waals surface area contributed by atoms with Crippen LogP contribution in [0.15, 0.2) is 53.1 Å². The number of ether oxygens (including phenoxy) is 1. The molecule has 4 aromatic heterocycles. The molecule has 1 aliphatic heterocycles. The van der Waals surface area contributed by atoms with E-state index in [1.165, 1.54) is 11.1 Å². The first-order valence-electron chi connectivity index (χ1n) is 13.7. The number of hydrogen-bond donors (Lipinski definition) is 2. The second-order valence-corrected chi connectivity index (χ2v) is 10.8. The summed E-state index contributed by atoms with van der Waals surface area (Å²) in [5.41, 5.74) is 10.1. The number of aryl methyl sites for hydroxylation is 2. The molecule has 0 unspecified atom stereocenters. The quantitative estimate of drug-likeness (QED) is 0.352. The molecule has 4 aromatic rings. The summed E-state index contributed by atoms with van der Waals surface area (Å²) in [4.78, 5) is 36.0. The summed E-state index contributed by atoms with van der Waals surface area (Å²) < 4.78 is 7.81. The van der Waals surface area contributed by atoms with Gasteiger partial charge in [0.25, 0.3) is 5.91 Å². The van der Waals surface area contributed by atoms with Crippen molar-refractivity contribution in [3.05, 3.63) is 92.3 Å². The summed E-state index contributed by atoms with van der Waals surface area (Å²) in [6.45, 7) is 9.44. The van der Waals surface area contributed by atoms with Gasteiger partial charge in [0, 0.05) is 67.2 Å². The average molecular weight is 540 g/mol. The van der Waals surface area contributed by atoms with Crippen molar-refractivity contribution in [2.24, 2.45) is 0 Å². The average Bonchev–Trinajstić information content (AvgIpc) is 3.35. The SMILES string of the molecule is CC(=C1CCOCC1)c1c(C)c(C(=O)NCc2c(C)[nH]c(C)cc2=O)cc2c(-c3ccnc(N(C)C)c3)ccn12. The lowest BCUT2D eigenvalue weighted by Crippen LogP contribution is -2.28. The molecular formula is C32H37N5O3. The Morgan fingerprint density at radius 3 is 2.58 bits per heavy atom. The molecule has 0 spiro atoms. The lowest BCUT2D eigenvalue weighted by atomic mass is 9.94. The van der Waals surface area contributed by atoms with Gasteiger partial charge in [-0.05, 0) is 81.5 Å². The topological polar surface area (TPSA) is 91.7 Å². The van der Waals surface area contributed by atoms with Crippen LogP contribution >= 0.6 is 0 Å². The molecule has 1 amide bonds. The Morgan fingerprint density at radius 1 is 1.12 bits per heavy atom. The van der Waals surface area contributed by atoms with E-state index < -0.39 is 0 Å². The smallest absolute Gasteiger partial charge is 0.251 e. The summed E-state index contributed by atoms with van der Waals surface area (Å²) in [6, 6.07) is 9.69. The van der Waals surface area contributed by atoms with Crippen LogP contribution in [0.3, 0.4) is 0 Å². The van der Waals surface area contributed by atoms with Crippen LogP contribution < -0.4 is 15.6 Å². The molecule has 40 heavy (non-hydrogen) atoms. The van der Waals surface area contributed by atoms with Gasteiger partial charge < -0.3 is 24.3 Å². The zero-order chi connectivity index (χ0) is 28.6. The highest BCUT2D eigenvalue weighted by molar-refractivity contribution is 6.00. The van der Waals surface area contributed by atoms with Gasteiger partial charge >= 0.3 is 0 Å². The number of carbonyl (C=O) groups excluding carboxylic acids is 1. The minimum atomic E-state index is -0.207. The Bertz CT molecular complexity index is 1680. The van der Waals surface area contributed by atoms with Crippen molar-refractivity contribution in [1.29, 1.82) is 0 Å². The van der Waals surface area contributed by atoms with Crippen molar-refractivity contribution in [2.45, 2.75) is 47.1 Å². The van der Waals surface area contributed by atoms with Crippen molar-refractivity contribution in [2.75, 3.05) is 32.2 Å². The first kappa shape index (κ1) is 27.4. The summed E-state index contributed by atoms with van der Waals surface area (Å²) in [5.74, 6) is 0.655. The minimum Gasteiger partial charge on any atom is -0.381 e. The van der Waals surface area contributed by atoms with Gasteiger partial charge in [-0.3, -0.25) is 9.59 Å². The molecule has 208 valence electrons. The van der Waals surface area contributed by atoms with E-state index in [-0.39, 0.29) is 17.9 Å². The number of nitrogens with one attached hydrogen (secondary N) is 2. The molecule has 2 N–H and O–H groups in total. The van der Waals surface area contributed by atoms with Crippen LogP contribution in [0.1, 0.15) is 58.3 Å². The van der Waals surface area contributed by atoms with Crippen LogP contribution in [-0.4, -0.2) is 47.6 Å². The molecule has 0 bridgehead atoms. The predicted octanol–water partition coefficient (Wildman–Crippen LogP) is 5.19. The molecule has 5 heterocycles. The second-order valence-electron chi connectivity index (χ2n) is 10.8. The Morgan fingerprint density at radius 2 is 1.88 bits per heavy atom. The summed E-state index contributed by atoms with van der Waals surface area (Å²) in [6.07, 6.45) is 5.66. The lowest BCUT2D eigenvalue weighted by Gasteiger charge is -2.22. The molecule has 1 aliphatic rings. The van der Waals surface area contributed by atoms with Gasteiger partial charge in [0.2, 0.25) is 0 Å². The Labute approximate surface area is 234 Å². The fourth-order valence-corrected chi connectivity index (χ4v) is 5.63. The molecule has 1 saturated heterocycles. The van der Waals surface area contributed by atoms with E-state index in [0.29, 0.717) is 24.3 Å². The lowest BCUT2D eigenvalue weighted by molar-refractivity contribution is 0.0950. The number of H-pyrrole nitrogens is 1. The maximum atomic E-state index is 13.8. The highest BCUT2D eigenvalue weighted by atomic mass is 16.5. The van der Waals surface area contributed by atoms with Gasteiger partial charge in [-0.15, -0.1) is 0 Å². The summed E-state index contributed by atoms with van der Waals surface area (Å²) in [5, 5.41) is 3.02. The van der Waals surface area contributed by atoms with Crippen LogP contribution in [0.25, 0.3) is 22.2 Å². The number of rotatable bonds is 6. The molecule has 1 fully saturated rings. The van der Waals surface area contributed by atoms with Crippen LogP contribution in [-0.2, 0) is 11.3 Å². The maximum Gasteiger partial charge on any atom is 0.251 e. The number of nitrogens with zero attached hydrogens (tertiary/aromatic N) is 3. The van der Waals surface area contributed by atoms with Gasteiger partial charge in [-0.25, -0.2) is 4.98 Å². The Hall–Kier alpha value is -4.17. The fourth-order valence-electron chi connectivity index (χ4n) is 5.63.